The molecule has 66 valence electrons. The van der Waals surface area contributed by atoms with Gasteiger partial charge in [0.1, 0.15) is 0 Å². The van der Waals surface area contributed by atoms with E-state index in [2.05, 4.69) is 6.07 Å². The van der Waals surface area contributed by atoms with Crippen LogP contribution in [0.3, 0.4) is 0 Å². The van der Waals surface area contributed by atoms with Crippen LogP contribution in [0.1, 0.15) is 35.7 Å². The second kappa shape index (κ2) is 4.15. The first-order valence-corrected chi connectivity index (χ1v) is 4.86. The Morgan fingerprint density at radius 3 is 1.75 bits per heavy atom. The molecule has 0 aliphatic carbocycles. The van der Waals surface area contributed by atoms with Gasteiger partial charge in [-0.05, 0) is 25.0 Å². The van der Waals surface area contributed by atoms with Crippen LogP contribution in [-0.2, 0) is 0 Å². The number of alkyl halides is 2. The molecule has 0 saturated heterocycles. The summed E-state index contributed by atoms with van der Waals surface area (Å²) < 4.78 is 0. The third kappa shape index (κ3) is 2.40. The zero-order valence-electron chi connectivity index (χ0n) is 7.22. The lowest BCUT2D eigenvalue weighted by Gasteiger charge is -2.07. The van der Waals surface area contributed by atoms with Gasteiger partial charge in [0.25, 0.3) is 0 Å². The van der Waals surface area contributed by atoms with E-state index in [1.54, 1.807) is 0 Å². The summed E-state index contributed by atoms with van der Waals surface area (Å²) >= 11 is 11.9. The van der Waals surface area contributed by atoms with Gasteiger partial charge in [0.15, 0.2) is 0 Å². The first-order chi connectivity index (χ1) is 5.61. The van der Waals surface area contributed by atoms with Gasteiger partial charge < -0.3 is 0 Å². The Balaban J connectivity index is 2.96. The summed E-state index contributed by atoms with van der Waals surface area (Å²) in [6.45, 7) is 3.92. The van der Waals surface area contributed by atoms with E-state index in [4.69, 9.17) is 23.2 Å². The zero-order valence-corrected chi connectivity index (χ0v) is 8.73. The van der Waals surface area contributed by atoms with E-state index in [1.807, 2.05) is 32.0 Å². The van der Waals surface area contributed by atoms with E-state index < -0.39 is 0 Å². The van der Waals surface area contributed by atoms with Crippen molar-refractivity contribution in [3.63, 3.8) is 0 Å². The van der Waals surface area contributed by atoms with Crippen LogP contribution in [0.15, 0.2) is 24.3 Å². The molecule has 0 radical (unpaired) electrons. The van der Waals surface area contributed by atoms with Crippen LogP contribution in [0.5, 0.6) is 0 Å². The number of halogens is 2. The smallest absolute Gasteiger partial charge is 0.0557 e. The Morgan fingerprint density at radius 2 is 1.42 bits per heavy atom. The number of hydrogen-bond donors (Lipinski definition) is 0. The molecule has 0 nitrogen and oxygen atoms in total. The second-order valence-corrected chi connectivity index (χ2v) is 4.21. The molecule has 2 atom stereocenters. The van der Waals surface area contributed by atoms with Crippen molar-refractivity contribution in [3.8, 4) is 0 Å². The van der Waals surface area contributed by atoms with Crippen LogP contribution >= 0.6 is 23.2 Å². The van der Waals surface area contributed by atoms with Gasteiger partial charge in [0.2, 0.25) is 0 Å². The molecule has 0 N–H and O–H groups in total. The first-order valence-electron chi connectivity index (χ1n) is 3.99. The molecular formula is C10H12Cl2. The molecule has 0 aliphatic heterocycles. The fourth-order valence-corrected chi connectivity index (χ4v) is 1.33. The van der Waals surface area contributed by atoms with Gasteiger partial charge in [-0.25, -0.2) is 0 Å². The van der Waals surface area contributed by atoms with Crippen LogP contribution in [0.4, 0.5) is 0 Å². The number of rotatable bonds is 2. The van der Waals surface area contributed by atoms with E-state index >= 15 is 0 Å². The average molecular weight is 203 g/mol. The third-order valence-electron chi connectivity index (χ3n) is 1.83. The van der Waals surface area contributed by atoms with Crippen molar-refractivity contribution >= 4 is 23.2 Å². The maximum Gasteiger partial charge on any atom is 0.0557 e. The molecule has 0 bridgehead atoms. The lowest BCUT2D eigenvalue weighted by molar-refractivity contribution is 1.04. The minimum atomic E-state index is 0.0559. The van der Waals surface area contributed by atoms with E-state index in [9.17, 15) is 0 Å². The molecule has 0 amide bonds. The second-order valence-electron chi connectivity index (χ2n) is 2.90. The average Bonchev–Trinajstić information content (AvgIpc) is 2.04. The molecule has 2 heteroatoms. The standard InChI is InChI=1S/C10H12Cl2/c1-7(11)9-4-3-5-10(6-9)8(2)12/h3-8H,1-2H3. The summed E-state index contributed by atoms with van der Waals surface area (Å²) in [7, 11) is 0. The Kier molecular flexibility index (Phi) is 3.42. The Hall–Kier alpha value is -0.200. The molecule has 1 aromatic rings. The van der Waals surface area contributed by atoms with E-state index in [0.717, 1.165) is 11.1 Å². The fourth-order valence-electron chi connectivity index (χ4n) is 1.05. The Labute approximate surface area is 83.5 Å². The summed E-state index contributed by atoms with van der Waals surface area (Å²) in [6, 6.07) is 8.07. The van der Waals surface area contributed by atoms with Crippen LogP contribution in [0.2, 0.25) is 0 Å². The molecule has 0 aliphatic rings. The highest BCUT2D eigenvalue weighted by Gasteiger charge is 2.04. The molecule has 1 rings (SSSR count). The summed E-state index contributed by atoms with van der Waals surface area (Å²) in [5.74, 6) is 0. The van der Waals surface area contributed by atoms with Gasteiger partial charge in [-0.1, -0.05) is 24.3 Å². The fraction of sp³-hybridized carbons (Fsp3) is 0.400. The van der Waals surface area contributed by atoms with Crippen LogP contribution in [-0.4, -0.2) is 0 Å². The van der Waals surface area contributed by atoms with Gasteiger partial charge in [-0.15, -0.1) is 23.2 Å². The monoisotopic (exact) mass is 202 g/mol. The van der Waals surface area contributed by atoms with Crippen molar-refractivity contribution in [2.75, 3.05) is 0 Å². The molecular weight excluding hydrogens is 191 g/mol. The first kappa shape index (κ1) is 9.88. The van der Waals surface area contributed by atoms with Gasteiger partial charge in [-0.2, -0.15) is 0 Å². The van der Waals surface area contributed by atoms with Crippen molar-refractivity contribution in [2.24, 2.45) is 0 Å². The highest BCUT2D eigenvalue weighted by atomic mass is 35.5. The lowest BCUT2D eigenvalue weighted by Crippen LogP contribution is -1.88. The van der Waals surface area contributed by atoms with Crippen LogP contribution in [0.25, 0.3) is 0 Å². The molecule has 0 aromatic heterocycles. The van der Waals surface area contributed by atoms with Crippen LogP contribution in [0, 0.1) is 0 Å². The highest BCUT2D eigenvalue weighted by molar-refractivity contribution is 6.21. The van der Waals surface area contributed by atoms with Crippen LogP contribution < -0.4 is 0 Å². The predicted molar refractivity (Wildman–Crippen MR) is 55.0 cm³/mol. The minimum Gasteiger partial charge on any atom is -0.118 e. The molecule has 12 heavy (non-hydrogen) atoms. The molecule has 0 saturated carbocycles. The normalized spacial score (nSPS) is 15.7. The van der Waals surface area contributed by atoms with Gasteiger partial charge in [0.05, 0.1) is 10.8 Å². The largest absolute Gasteiger partial charge is 0.118 e. The summed E-state index contributed by atoms with van der Waals surface area (Å²) in [5.41, 5.74) is 2.25. The summed E-state index contributed by atoms with van der Waals surface area (Å²) in [5, 5.41) is 0.112. The highest BCUT2D eigenvalue weighted by Crippen LogP contribution is 2.25. The van der Waals surface area contributed by atoms with E-state index in [0.29, 0.717) is 0 Å². The molecule has 0 spiro atoms. The lowest BCUT2D eigenvalue weighted by atomic mass is 10.1. The SMILES string of the molecule is CC(Cl)c1cccc(C(C)Cl)c1. The van der Waals surface area contributed by atoms with E-state index in [1.165, 1.54) is 0 Å². The Morgan fingerprint density at radius 1 is 1.00 bits per heavy atom. The van der Waals surface area contributed by atoms with Crippen molar-refractivity contribution in [3.05, 3.63) is 35.4 Å². The molecule has 0 fully saturated rings. The van der Waals surface area contributed by atoms with E-state index in [-0.39, 0.29) is 10.8 Å². The summed E-state index contributed by atoms with van der Waals surface area (Å²) in [4.78, 5) is 0. The Bertz CT molecular complexity index is 231. The quantitative estimate of drug-likeness (QED) is 0.629. The zero-order chi connectivity index (χ0) is 9.14. The molecule has 0 heterocycles. The van der Waals surface area contributed by atoms with Crippen molar-refractivity contribution < 1.29 is 0 Å². The van der Waals surface area contributed by atoms with Gasteiger partial charge in [-0.3, -0.25) is 0 Å². The molecule has 1 aromatic carbocycles. The number of hydrogen-bond acceptors (Lipinski definition) is 0. The van der Waals surface area contributed by atoms with Gasteiger partial charge in [0, 0.05) is 0 Å². The van der Waals surface area contributed by atoms with Gasteiger partial charge >= 0.3 is 0 Å². The molecule has 2 unspecified atom stereocenters. The summed E-state index contributed by atoms with van der Waals surface area (Å²) in [6.07, 6.45) is 0. The van der Waals surface area contributed by atoms with Crippen molar-refractivity contribution in [1.29, 1.82) is 0 Å². The maximum absolute atomic E-state index is 5.94. The topological polar surface area (TPSA) is 0 Å². The minimum absolute atomic E-state index is 0.0559. The predicted octanol–water partition coefficient (Wildman–Crippen LogP) is 4.29. The number of benzene rings is 1. The maximum atomic E-state index is 5.94. The van der Waals surface area contributed by atoms with Crippen molar-refractivity contribution in [2.45, 2.75) is 24.6 Å². The van der Waals surface area contributed by atoms with Crippen molar-refractivity contribution in [1.82, 2.24) is 0 Å². The third-order valence-corrected chi connectivity index (χ3v) is 2.33.